The normalized spacial score (nSPS) is 11.4. The highest BCUT2D eigenvalue weighted by atomic mass is 16.5. The lowest BCUT2D eigenvalue weighted by Crippen LogP contribution is -2.33. The molecular weight excluding hydrogens is 198 g/mol. The third kappa shape index (κ3) is 10.0. The van der Waals surface area contributed by atoms with E-state index in [-0.39, 0.29) is 0 Å². The molecule has 0 aromatic carbocycles. The minimum Gasteiger partial charge on any atom is -0.502 e. The fourth-order valence-corrected chi connectivity index (χ4v) is 1.95. The summed E-state index contributed by atoms with van der Waals surface area (Å²) >= 11 is 0. The van der Waals surface area contributed by atoms with E-state index in [1.807, 2.05) is 0 Å². The van der Waals surface area contributed by atoms with E-state index in [1.54, 1.807) is 0 Å². The summed E-state index contributed by atoms with van der Waals surface area (Å²) in [6.45, 7) is 14.5. The van der Waals surface area contributed by atoms with Crippen LogP contribution in [-0.4, -0.2) is 19.2 Å². The first-order valence-electron chi connectivity index (χ1n) is 6.52. The van der Waals surface area contributed by atoms with E-state index in [4.69, 9.17) is 4.74 Å². The molecule has 2 nitrogen and oxygen atoms in total. The molecule has 0 aromatic rings. The first-order chi connectivity index (χ1) is 7.56. The summed E-state index contributed by atoms with van der Waals surface area (Å²) in [6, 6.07) is 0.656. The lowest BCUT2D eigenvalue weighted by Gasteiger charge is -2.22. The minimum atomic E-state index is 0.656. The van der Waals surface area contributed by atoms with Gasteiger partial charge < -0.3 is 10.1 Å². The molecule has 0 rings (SSSR count). The minimum absolute atomic E-state index is 0.656. The first-order valence-corrected chi connectivity index (χ1v) is 6.52. The van der Waals surface area contributed by atoms with Crippen molar-refractivity contribution in [2.24, 2.45) is 11.8 Å². The van der Waals surface area contributed by atoms with Crippen LogP contribution in [0.2, 0.25) is 0 Å². The second-order valence-electron chi connectivity index (χ2n) is 5.30. The SMILES string of the molecule is C=COCCCNC(CC(C)C)CC(C)C. The molecule has 0 spiro atoms. The van der Waals surface area contributed by atoms with Crippen molar-refractivity contribution >= 4 is 0 Å². The van der Waals surface area contributed by atoms with Crippen molar-refractivity contribution in [2.45, 2.75) is 53.0 Å². The molecule has 0 saturated heterocycles. The van der Waals surface area contributed by atoms with Gasteiger partial charge in [0.25, 0.3) is 0 Å². The van der Waals surface area contributed by atoms with Gasteiger partial charge in [0.05, 0.1) is 12.9 Å². The zero-order valence-electron chi connectivity index (χ0n) is 11.5. The van der Waals surface area contributed by atoms with Gasteiger partial charge in [-0.05, 0) is 37.6 Å². The molecule has 0 radical (unpaired) electrons. The smallest absolute Gasteiger partial charge is 0.0885 e. The topological polar surface area (TPSA) is 21.3 Å². The number of hydrogen-bond donors (Lipinski definition) is 1. The molecule has 0 aliphatic carbocycles. The zero-order chi connectivity index (χ0) is 12.4. The van der Waals surface area contributed by atoms with Crippen LogP contribution >= 0.6 is 0 Å². The maximum Gasteiger partial charge on any atom is 0.0885 e. The molecule has 0 bridgehead atoms. The van der Waals surface area contributed by atoms with E-state index in [0.717, 1.165) is 31.4 Å². The Balaban J connectivity index is 3.69. The molecule has 0 unspecified atom stereocenters. The summed E-state index contributed by atoms with van der Waals surface area (Å²) in [5.74, 6) is 1.53. The molecule has 0 amide bonds. The Hall–Kier alpha value is -0.500. The molecule has 0 heterocycles. The summed E-state index contributed by atoms with van der Waals surface area (Å²) in [4.78, 5) is 0. The Kier molecular flexibility index (Phi) is 9.40. The second kappa shape index (κ2) is 9.71. The lowest BCUT2D eigenvalue weighted by atomic mass is 9.95. The molecule has 0 aliphatic heterocycles. The lowest BCUT2D eigenvalue weighted by molar-refractivity contribution is 0.239. The van der Waals surface area contributed by atoms with Gasteiger partial charge in [-0.2, -0.15) is 0 Å². The Morgan fingerprint density at radius 3 is 2.12 bits per heavy atom. The molecule has 96 valence electrons. The summed E-state index contributed by atoms with van der Waals surface area (Å²) in [5, 5.41) is 3.63. The average molecular weight is 227 g/mol. The molecule has 0 aliphatic rings. The van der Waals surface area contributed by atoms with Crippen LogP contribution in [0.15, 0.2) is 12.8 Å². The standard InChI is InChI=1S/C14H29NO/c1-6-16-9-7-8-15-14(10-12(2)3)11-13(4)5/h6,12-15H,1,7-11H2,2-5H3. The van der Waals surface area contributed by atoms with Crippen LogP contribution in [0.5, 0.6) is 0 Å². The second-order valence-corrected chi connectivity index (χ2v) is 5.30. The van der Waals surface area contributed by atoms with Crippen molar-refractivity contribution in [3.63, 3.8) is 0 Å². The molecule has 0 aromatic heterocycles. The predicted octanol–water partition coefficient (Wildman–Crippen LogP) is 3.59. The summed E-state index contributed by atoms with van der Waals surface area (Å²) in [6.07, 6.45) is 5.10. The Bertz CT molecular complexity index is 156. The van der Waals surface area contributed by atoms with Crippen LogP contribution in [0.25, 0.3) is 0 Å². The van der Waals surface area contributed by atoms with Crippen LogP contribution < -0.4 is 5.32 Å². The number of hydrogen-bond acceptors (Lipinski definition) is 2. The molecule has 2 heteroatoms. The maximum atomic E-state index is 5.10. The summed E-state index contributed by atoms with van der Waals surface area (Å²) in [5.41, 5.74) is 0. The van der Waals surface area contributed by atoms with Crippen LogP contribution in [0, 0.1) is 11.8 Å². The van der Waals surface area contributed by atoms with E-state index < -0.39 is 0 Å². The van der Waals surface area contributed by atoms with E-state index in [1.165, 1.54) is 19.1 Å². The van der Waals surface area contributed by atoms with Crippen LogP contribution in [-0.2, 0) is 4.74 Å². The Morgan fingerprint density at radius 2 is 1.69 bits per heavy atom. The number of nitrogens with one attached hydrogen (secondary N) is 1. The molecule has 0 atom stereocenters. The summed E-state index contributed by atoms with van der Waals surface area (Å²) < 4.78 is 5.10. The van der Waals surface area contributed by atoms with Crippen molar-refractivity contribution in [3.05, 3.63) is 12.8 Å². The van der Waals surface area contributed by atoms with E-state index in [2.05, 4.69) is 39.6 Å². The van der Waals surface area contributed by atoms with Crippen LogP contribution in [0.1, 0.15) is 47.0 Å². The van der Waals surface area contributed by atoms with Gasteiger partial charge in [-0.3, -0.25) is 0 Å². The van der Waals surface area contributed by atoms with Gasteiger partial charge in [0.15, 0.2) is 0 Å². The highest BCUT2D eigenvalue weighted by Crippen LogP contribution is 2.13. The molecule has 0 fully saturated rings. The van der Waals surface area contributed by atoms with Gasteiger partial charge in [0.2, 0.25) is 0 Å². The summed E-state index contributed by atoms with van der Waals surface area (Å²) in [7, 11) is 0. The fourth-order valence-electron chi connectivity index (χ4n) is 1.95. The van der Waals surface area contributed by atoms with E-state index in [0.29, 0.717) is 6.04 Å². The number of ether oxygens (including phenoxy) is 1. The Labute approximate surface area is 101 Å². The van der Waals surface area contributed by atoms with Crippen LogP contribution in [0.3, 0.4) is 0 Å². The third-order valence-electron chi connectivity index (χ3n) is 2.50. The molecule has 0 saturated carbocycles. The van der Waals surface area contributed by atoms with Gasteiger partial charge in [-0.15, -0.1) is 0 Å². The van der Waals surface area contributed by atoms with Gasteiger partial charge in [-0.1, -0.05) is 34.3 Å². The molecule has 1 N–H and O–H groups in total. The maximum absolute atomic E-state index is 5.10. The predicted molar refractivity (Wildman–Crippen MR) is 71.5 cm³/mol. The molecular formula is C14H29NO. The van der Waals surface area contributed by atoms with Gasteiger partial charge in [0, 0.05) is 6.04 Å². The van der Waals surface area contributed by atoms with Crippen molar-refractivity contribution in [3.8, 4) is 0 Å². The largest absolute Gasteiger partial charge is 0.502 e. The average Bonchev–Trinajstić information content (AvgIpc) is 2.15. The van der Waals surface area contributed by atoms with Gasteiger partial charge in [-0.25, -0.2) is 0 Å². The Morgan fingerprint density at radius 1 is 1.12 bits per heavy atom. The van der Waals surface area contributed by atoms with Crippen molar-refractivity contribution < 1.29 is 4.74 Å². The van der Waals surface area contributed by atoms with Gasteiger partial charge >= 0.3 is 0 Å². The van der Waals surface area contributed by atoms with Gasteiger partial charge in [0.1, 0.15) is 0 Å². The van der Waals surface area contributed by atoms with Crippen molar-refractivity contribution in [1.29, 1.82) is 0 Å². The van der Waals surface area contributed by atoms with Crippen molar-refractivity contribution in [1.82, 2.24) is 5.32 Å². The zero-order valence-corrected chi connectivity index (χ0v) is 11.5. The fraction of sp³-hybridized carbons (Fsp3) is 0.857. The number of rotatable bonds is 10. The highest BCUT2D eigenvalue weighted by Gasteiger charge is 2.11. The first kappa shape index (κ1) is 15.5. The van der Waals surface area contributed by atoms with Crippen LogP contribution in [0.4, 0.5) is 0 Å². The highest BCUT2D eigenvalue weighted by molar-refractivity contribution is 4.70. The quantitative estimate of drug-likeness (QED) is 0.455. The third-order valence-corrected chi connectivity index (χ3v) is 2.50. The van der Waals surface area contributed by atoms with E-state index in [9.17, 15) is 0 Å². The van der Waals surface area contributed by atoms with Crippen molar-refractivity contribution in [2.75, 3.05) is 13.2 Å². The monoisotopic (exact) mass is 227 g/mol. The van der Waals surface area contributed by atoms with E-state index >= 15 is 0 Å². The molecule has 16 heavy (non-hydrogen) atoms.